The van der Waals surface area contributed by atoms with Gasteiger partial charge in [0.05, 0.1) is 5.92 Å². The van der Waals surface area contributed by atoms with E-state index in [-0.39, 0.29) is 53.5 Å². The molecule has 0 aliphatic carbocycles. The van der Waals surface area contributed by atoms with Crippen LogP contribution in [0.4, 0.5) is 8.78 Å². The average Bonchev–Trinajstić information content (AvgIpc) is 3.22. The van der Waals surface area contributed by atoms with Gasteiger partial charge in [-0.15, -0.1) is 12.4 Å². The Balaban J connectivity index is 0.00000507. The molecule has 1 unspecified atom stereocenters. The van der Waals surface area contributed by atoms with Gasteiger partial charge in [-0.05, 0) is 44.2 Å². The van der Waals surface area contributed by atoms with Crippen LogP contribution in [0.3, 0.4) is 0 Å². The zero-order valence-electron chi connectivity index (χ0n) is 23.6. The Kier molecular flexibility index (Phi) is 10.7. The molecule has 3 amide bonds. The van der Waals surface area contributed by atoms with Crippen molar-refractivity contribution >= 4 is 30.1 Å². The highest BCUT2D eigenvalue weighted by Crippen LogP contribution is 2.37. The number of benzene rings is 1. The predicted molar refractivity (Wildman–Crippen MR) is 146 cm³/mol. The molecule has 0 aromatic heterocycles. The van der Waals surface area contributed by atoms with Crippen molar-refractivity contribution in [3.05, 3.63) is 35.4 Å². The second-order valence-electron chi connectivity index (χ2n) is 12.1. The van der Waals surface area contributed by atoms with Gasteiger partial charge in [-0.3, -0.25) is 19.3 Å². The quantitative estimate of drug-likeness (QED) is 0.578. The second kappa shape index (κ2) is 12.7. The monoisotopic (exact) mass is 556 g/mol. The lowest BCUT2D eigenvalue weighted by Crippen LogP contribution is -2.60. The smallest absolute Gasteiger partial charge is 0.245 e. The lowest BCUT2D eigenvalue weighted by molar-refractivity contribution is -0.147. The van der Waals surface area contributed by atoms with Gasteiger partial charge in [0, 0.05) is 63.7 Å². The Morgan fingerprint density at radius 2 is 1.74 bits per heavy atom. The van der Waals surface area contributed by atoms with E-state index in [1.165, 1.54) is 19.1 Å². The fraction of sp³-hybridized carbons (Fsp3) is 0.679. The number of hydrogen-bond donors (Lipinski definition) is 1. The fourth-order valence-corrected chi connectivity index (χ4v) is 5.60. The summed E-state index contributed by atoms with van der Waals surface area (Å²) in [5.74, 6) is -2.55. The van der Waals surface area contributed by atoms with Crippen LogP contribution < -0.4 is 5.32 Å². The average molecular weight is 557 g/mol. The van der Waals surface area contributed by atoms with Crippen LogP contribution in [0.2, 0.25) is 0 Å². The van der Waals surface area contributed by atoms with Crippen LogP contribution in [-0.2, 0) is 14.4 Å². The zero-order valence-corrected chi connectivity index (χ0v) is 24.4. The number of nitrogens with one attached hydrogen (secondary N) is 1. The number of likely N-dealkylation sites (tertiary alicyclic amines) is 1. The fourth-order valence-electron chi connectivity index (χ4n) is 5.60. The number of halogens is 3. The van der Waals surface area contributed by atoms with Crippen molar-refractivity contribution in [3.8, 4) is 0 Å². The molecule has 2 aliphatic heterocycles. The van der Waals surface area contributed by atoms with E-state index in [2.05, 4.69) is 10.2 Å². The highest BCUT2D eigenvalue weighted by atomic mass is 35.5. The highest BCUT2D eigenvalue weighted by molar-refractivity contribution is 5.87. The molecule has 3 rings (SSSR count). The first-order valence-electron chi connectivity index (χ1n) is 13.2. The van der Waals surface area contributed by atoms with Crippen molar-refractivity contribution in [1.82, 2.24) is 20.0 Å². The maximum absolute atomic E-state index is 14.8. The molecule has 1 aromatic carbocycles. The summed E-state index contributed by atoms with van der Waals surface area (Å²) >= 11 is 0. The largest absolute Gasteiger partial charge is 0.345 e. The van der Waals surface area contributed by atoms with Crippen molar-refractivity contribution in [2.75, 3.05) is 32.7 Å². The van der Waals surface area contributed by atoms with Crippen molar-refractivity contribution in [1.29, 1.82) is 0 Å². The number of hydrogen-bond acceptors (Lipinski definition) is 4. The third-order valence-electron chi connectivity index (χ3n) is 7.47. The lowest BCUT2D eigenvalue weighted by atomic mass is 9.86. The van der Waals surface area contributed by atoms with Crippen LogP contribution in [0, 0.1) is 23.0 Å². The molecule has 1 N–H and O–H groups in total. The van der Waals surface area contributed by atoms with E-state index in [0.717, 1.165) is 6.07 Å². The van der Waals surface area contributed by atoms with Gasteiger partial charge in [-0.2, -0.15) is 0 Å². The normalized spacial score (nSPS) is 23.3. The summed E-state index contributed by atoms with van der Waals surface area (Å²) in [7, 11) is 0. The Morgan fingerprint density at radius 3 is 2.26 bits per heavy atom. The van der Waals surface area contributed by atoms with Crippen molar-refractivity contribution in [3.63, 3.8) is 0 Å². The summed E-state index contributed by atoms with van der Waals surface area (Å²) in [6.07, 6.45) is 0.511. The molecular formula is C28H43ClF2N4O3. The van der Waals surface area contributed by atoms with E-state index in [9.17, 15) is 23.2 Å². The number of amides is 3. The summed E-state index contributed by atoms with van der Waals surface area (Å²) in [5.41, 5.74) is 0.214. The molecule has 0 spiro atoms. The van der Waals surface area contributed by atoms with Gasteiger partial charge in [0.15, 0.2) is 0 Å². The molecular weight excluding hydrogens is 514 g/mol. The van der Waals surface area contributed by atoms with Crippen molar-refractivity contribution in [2.45, 2.75) is 78.9 Å². The first-order chi connectivity index (χ1) is 17.2. The molecule has 0 saturated carbocycles. The predicted octanol–water partition coefficient (Wildman–Crippen LogP) is 3.81. The minimum atomic E-state index is -0.638. The van der Waals surface area contributed by atoms with Crippen LogP contribution in [0.5, 0.6) is 0 Å². The lowest BCUT2D eigenvalue weighted by Gasteiger charge is -2.42. The third kappa shape index (κ3) is 7.65. The van der Waals surface area contributed by atoms with E-state index >= 15 is 0 Å². The van der Waals surface area contributed by atoms with Crippen LogP contribution in [-0.4, -0.2) is 83.3 Å². The molecule has 38 heavy (non-hydrogen) atoms. The van der Waals surface area contributed by atoms with E-state index in [4.69, 9.17) is 0 Å². The number of piperazine rings is 1. The van der Waals surface area contributed by atoms with Gasteiger partial charge in [0.1, 0.15) is 17.7 Å². The minimum Gasteiger partial charge on any atom is -0.345 e. The van der Waals surface area contributed by atoms with E-state index in [0.29, 0.717) is 44.7 Å². The molecule has 0 bridgehead atoms. The minimum absolute atomic E-state index is 0. The van der Waals surface area contributed by atoms with Gasteiger partial charge in [0.25, 0.3) is 0 Å². The molecule has 2 fully saturated rings. The summed E-state index contributed by atoms with van der Waals surface area (Å²) in [6.45, 7) is 15.6. The Labute approximate surface area is 231 Å². The molecule has 2 saturated heterocycles. The summed E-state index contributed by atoms with van der Waals surface area (Å²) < 4.78 is 28.3. The molecule has 2 aliphatic rings. The molecule has 10 heteroatoms. The molecule has 7 nitrogen and oxygen atoms in total. The standard InChI is InChI=1S/C28H42F2N4O3.ClH/c1-17(2)33-15-22(21-9-8-20(29)12-24(21)30)23(16-33)26(36)34-11-10-32(14-18(34)3)27(37)25(31-19(4)35)13-28(5,6)7;/h8-9,12,17-18,22-23,25H,10-11,13-16H2,1-7H3,(H,31,35);1H/t18-,22-,23+,25?;/m0./s1. The molecule has 4 atom stereocenters. The van der Waals surface area contributed by atoms with Crippen molar-refractivity contribution in [2.24, 2.45) is 11.3 Å². The van der Waals surface area contributed by atoms with E-state index < -0.39 is 23.6 Å². The maximum Gasteiger partial charge on any atom is 0.245 e. The van der Waals surface area contributed by atoms with Gasteiger partial charge >= 0.3 is 0 Å². The number of nitrogens with zero attached hydrogens (tertiary/aromatic N) is 3. The van der Waals surface area contributed by atoms with Gasteiger partial charge in [0.2, 0.25) is 17.7 Å². The number of carbonyl (C=O) groups is 3. The van der Waals surface area contributed by atoms with E-state index in [1.54, 1.807) is 9.80 Å². The van der Waals surface area contributed by atoms with Gasteiger partial charge in [-0.1, -0.05) is 26.8 Å². The molecule has 1 aromatic rings. The zero-order chi connectivity index (χ0) is 27.7. The van der Waals surface area contributed by atoms with Gasteiger partial charge in [-0.25, -0.2) is 8.78 Å². The molecule has 0 radical (unpaired) electrons. The van der Waals surface area contributed by atoms with Crippen LogP contribution in [0.15, 0.2) is 18.2 Å². The van der Waals surface area contributed by atoms with Crippen molar-refractivity contribution < 1.29 is 23.2 Å². The third-order valence-corrected chi connectivity index (χ3v) is 7.47. The van der Waals surface area contributed by atoms with E-state index in [1.807, 2.05) is 41.5 Å². The maximum atomic E-state index is 14.8. The summed E-state index contributed by atoms with van der Waals surface area (Å²) in [6, 6.07) is 2.91. The Bertz CT molecular complexity index is 1020. The Hall–Kier alpha value is -2.26. The van der Waals surface area contributed by atoms with Crippen LogP contribution in [0.1, 0.15) is 66.4 Å². The van der Waals surface area contributed by atoms with Gasteiger partial charge < -0.3 is 15.1 Å². The number of rotatable bonds is 6. The molecule has 214 valence electrons. The first kappa shape index (κ1) is 32.0. The Morgan fingerprint density at radius 1 is 1.08 bits per heavy atom. The topological polar surface area (TPSA) is 73.0 Å². The number of carbonyl (C=O) groups excluding carboxylic acids is 3. The summed E-state index contributed by atoms with van der Waals surface area (Å²) in [4.78, 5) is 44.6. The van der Waals surface area contributed by atoms with Crippen LogP contribution in [0.25, 0.3) is 0 Å². The van der Waals surface area contributed by atoms with Crippen LogP contribution >= 0.6 is 12.4 Å². The first-order valence-corrected chi connectivity index (χ1v) is 13.2. The SMILES string of the molecule is CC(=O)NC(CC(C)(C)C)C(=O)N1CCN(C(=O)[C@@H]2CN(C(C)C)C[C@H]2c2ccc(F)cc2F)[C@@H](C)C1.Cl. The second-order valence-corrected chi connectivity index (χ2v) is 12.1. The summed E-state index contributed by atoms with van der Waals surface area (Å²) in [5, 5.41) is 2.80. The highest BCUT2D eigenvalue weighted by Gasteiger charge is 2.44. The molecule has 2 heterocycles.